The van der Waals surface area contributed by atoms with E-state index in [2.05, 4.69) is 25.9 Å². The van der Waals surface area contributed by atoms with Gasteiger partial charge in [-0.05, 0) is 35.7 Å². The van der Waals surface area contributed by atoms with E-state index in [1.54, 1.807) is 17.6 Å². The van der Waals surface area contributed by atoms with E-state index in [1.165, 1.54) is 11.3 Å². The highest BCUT2D eigenvalue weighted by molar-refractivity contribution is 7.21. The van der Waals surface area contributed by atoms with Crippen molar-refractivity contribution in [2.45, 2.75) is 0 Å². The van der Waals surface area contributed by atoms with Gasteiger partial charge >= 0.3 is 0 Å². The molecule has 0 bridgehead atoms. The summed E-state index contributed by atoms with van der Waals surface area (Å²) in [6.45, 7) is 0. The highest BCUT2D eigenvalue weighted by Gasteiger charge is 2.13. The minimum Gasteiger partial charge on any atom is -0.449 e. The molecule has 4 aromatic heterocycles. The molecule has 0 aliphatic heterocycles. The standard InChI is InChI=1S/C15H13N5OS2/c1-4-10(16-7-1)17-15-20-13(18-11-5-2-8-21-11)14(23-15)19-12-6-3-9-22-12/h1-9,16,18-19H,(H,17,20). The van der Waals surface area contributed by atoms with Crippen molar-refractivity contribution < 1.29 is 4.42 Å². The predicted molar refractivity (Wildman–Crippen MR) is 95.8 cm³/mol. The molecule has 0 spiro atoms. The number of hydrogen-bond acceptors (Lipinski definition) is 7. The number of nitrogens with zero attached hydrogens (tertiary/aromatic N) is 1. The van der Waals surface area contributed by atoms with Gasteiger partial charge in [0.2, 0.25) is 0 Å². The molecule has 6 nitrogen and oxygen atoms in total. The minimum absolute atomic E-state index is 0.649. The normalized spacial score (nSPS) is 10.6. The number of H-pyrrole nitrogens is 1. The third kappa shape index (κ3) is 3.22. The van der Waals surface area contributed by atoms with Crippen molar-refractivity contribution in [2.24, 2.45) is 0 Å². The van der Waals surface area contributed by atoms with E-state index in [9.17, 15) is 0 Å². The molecule has 4 rings (SSSR count). The van der Waals surface area contributed by atoms with Gasteiger partial charge in [0.05, 0.1) is 11.3 Å². The lowest BCUT2D eigenvalue weighted by molar-refractivity contribution is 0.585. The zero-order valence-corrected chi connectivity index (χ0v) is 13.5. The van der Waals surface area contributed by atoms with Gasteiger partial charge < -0.3 is 25.4 Å². The van der Waals surface area contributed by atoms with Crippen molar-refractivity contribution in [1.29, 1.82) is 0 Å². The molecule has 4 N–H and O–H groups in total. The topological polar surface area (TPSA) is 77.9 Å². The lowest BCUT2D eigenvalue weighted by atomic mass is 10.5. The summed E-state index contributed by atoms with van der Waals surface area (Å²) in [5.74, 6) is 2.26. The van der Waals surface area contributed by atoms with Gasteiger partial charge in [-0.25, -0.2) is 4.98 Å². The second-order valence-corrected chi connectivity index (χ2v) is 6.56. The number of aromatic nitrogens is 2. The molecule has 0 fully saturated rings. The summed E-state index contributed by atoms with van der Waals surface area (Å²) in [5, 5.41) is 14.6. The van der Waals surface area contributed by atoms with E-state index in [0.717, 1.165) is 21.0 Å². The Kier molecular flexibility index (Phi) is 3.75. The van der Waals surface area contributed by atoms with Gasteiger partial charge in [-0.1, -0.05) is 11.3 Å². The number of furan rings is 1. The first-order valence-electron chi connectivity index (χ1n) is 6.89. The van der Waals surface area contributed by atoms with Crippen LogP contribution in [0.5, 0.6) is 0 Å². The van der Waals surface area contributed by atoms with Gasteiger partial charge in [-0.3, -0.25) is 0 Å². The van der Waals surface area contributed by atoms with Crippen LogP contribution in [0.1, 0.15) is 0 Å². The second-order valence-electron chi connectivity index (χ2n) is 4.61. The number of thiophene rings is 1. The van der Waals surface area contributed by atoms with Crippen molar-refractivity contribution in [3.63, 3.8) is 0 Å². The highest BCUT2D eigenvalue weighted by atomic mass is 32.1. The fourth-order valence-corrected chi connectivity index (χ4v) is 3.53. The first-order chi connectivity index (χ1) is 11.4. The minimum atomic E-state index is 0.649. The lowest BCUT2D eigenvalue weighted by Gasteiger charge is -2.03. The third-order valence-electron chi connectivity index (χ3n) is 2.99. The third-order valence-corrected chi connectivity index (χ3v) is 4.66. The number of hydrogen-bond donors (Lipinski definition) is 4. The first kappa shape index (κ1) is 13.9. The number of aromatic amines is 1. The Morgan fingerprint density at radius 1 is 1.04 bits per heavy atom. The molecule has 0 atom stereocenters. The largest absolute Gasteiger partial charge is 0.449 e. The quantitative estimate of drug-likeness (QED) is 0.379. The molecule has 4 aromatic rings. The van der Waals surface area contributed by atoms with E-state index >= 15 is 0 Å². The Morgan fingerprint density at radius 3 is 2.78 bits per heavy atom. The fourth-order valence-electron chi connectivity index (χ4n) is 1.99. The predicted octanol–water partition coefficient (Wildman–Crippen LogP) is 5.36. The average molecular weight is 343 g/mol. The highest BCUT2D eigenvalue weighted by Crippen LogP contribution is 2.38. The van der Waals surface area contributed by atoms with Crippen LogP contribution in [0.4, 0.5) is 32.7 Å². The molecule has 0 saturated heterocycles. The van der Waals surface area contributed by atoms with Gasteiger partial charge in [-0.15, -0.1) is 11.3 Å². The molecule has 0 saturated carbocycles. The molecule has 8 heteroatoms. The summed E-state index contributed by atoms with van der Waals surface area (Å²) in [7, 11) is 0. The second kappa shape index (κ2) is 6.19. The van der Waals surface area contributed by atoms with Crippen LogP contribution in [0.2, 0.25) is 0 Å². The van der Waals surface area contributed by atoms with E-state index in [1.807, 2.05) is 48.0 Å². The molecule has 23 heavy (non-hydrogen) atoms. The van der Waals surface area contributed by atoms with Crippen LogP contribution < -0.4 is 16.0 Å². The molecule has 0 radical (unpaired) electrons. The molecular weight excluding hydrogens is 330 g/mol. The maximum atomic E-state index is 5.34. The molecule has 4 heterocycles. The molecule has 0 aliphatic carbocycles. The maximum absolute atomic E-state index is 5.34. The van der Waals surface area contributed by atoms with Gasteiger partial charge in [0, 0.05) is 12.3 Å². The summed E-state index contributed by atoms with van der Waals surface area (Å²) >= 11 is 3.17. The summed E-state index contributed by atoms with van der Waals surface area (Å²) in [5.41, 5.74) is 0. The Balaban J connectivity index is 1.62. The summed E-state index contributed by atoms with van der Waals surface area (Å²) < 4.78 is 5.34. The molecule has 116 valence electrons. The number of anilines is 6. The Morgan fingerprint density at radius 2 is 2.04 bits per heavy atom. The van der Waals surface area contributed by atoms with Crippen LogP contribution in [0.25, 0.3) is 0 Å². The number of nitrogens with one attached hydrogen (secondary N) is 4. The van der Waals surface area contributed by atoms with Gasteiger partial charge in [-0.2, -0.15) is 0 Å². The van der Waals surface area contributed by atoms with Crippen molar-refractivity contribution in [1.82, 2.24) is 9.97 Å². The molecule has 0 aromatic carbocycles. The molecule has 0 amide bonds. The zero-order chi connectivity index (χ0) is 15.5. The van der Waals surface area contributed by atoms with Crippen LogP contribution >= 0.6 is 22.7 Å². The zero-order valence-electron chi connectivity index (χ0n) is 11.9. The first-order valence-corrected chi connectivity index (χ1v) is 8.59. The van der Waals surface area contributed by atoms with Crippen LogP contribution in [-0.4, -0.2) is 9.97 Å². The fraction of sp³-hybridized carbons (Fsp3) is 0. The van der Waals surface area contributed by atoms with Gasteiger partial charge in [0.25, 0.3) is 0 Å². The van der Waals surface area contributed by atoms with Crippen LogP contribution in [0, 0.1) is 0 Å². The van der Waals surface area contributed by atoms with Gasteiger partial charge in [0.15, 0.2) is 16.8 Å². The maximum Gasteiger partial charge on any atom is 0.198 e. The Hall–Kier alpha value is -2.71. The smallest absolute Gasteiger partial charge is 0.198 e. The average Bonchev–Trinajstić information content (AvgIpc) is 3.31. The summed E-state index contributed by atoms with van der Waals surface area (Å²) in [4.78, 5) is 7.70. The van der Waals surface area contributed by atoms with Crippen molar-refractivity contribution in [3.8, 4) is 0 Å². The SMILES string of the molecule is c1c[nH]c(Nc2nc(Nc3ccco3)c(Nc3cccs3)s2)c1. The molecular formula is C15H13N5OS2. The van der Waals surface area contributed by atoms with Crippen LogP contribution in [0.15, 0.2) is 58.7 Å². The summed E-state index contributed by atoms with van der Waals surface area (Å²) in [6, 6.07) is 11.6. The van der Waals surface area contributed by atoms with Crippen molar-refractivity contribution >= 4 is 55.3 Å². The van der Waals surface area contributed by atoms with Crippen LogP contribution in [-0.2, 0) is 0 Å². The van der Waals surface area contributed by atoms with E-state index in [0.29, 0.717) is 11.7 Å². The van der Waals surface area contributed by atoms with Gasteiger partial charge in [0.1, 0.15) is 10.8 Å². The lowest BCUT2D eigenvalue weighted by Crippen LogP contribution is -1.94. The Bertz CT molecular complexity index is 796. The Labute approximate surface area is 140 Å². The van der Waals surface area contributed by atoms with Crippen molar-refractivity contribution in [2.75, 3.05) is 16.0 Å². The number of rotatable bonds is 6. The van der Waals surface area contributed by atoms with E-state index < -0.39 is 0 Å². The molecule has 0 unspecified atom stereocenters. The molecule has 0 aliphatic rings. The van der Waals surface area contributed by atoms with E-state index in [-0.39, 0.29) is 0 Å². The summed E-state index contributed by atoms with van der Waals surface area (Å²) in [6.07, 6.45) is 3.49. The van der Waals surface area contributed by atoms with Crippen LogP contribution in [0.3, 0.4) is 0 Å². The number of thiazole rings is 1. The van der Waals surface area contributed by atoms with Crippen molar-refractivity contribution in [3.05, 3.63) is 54.2 Å². The van der Waals surface area contributed by atoms with E-state index in [4.69, 9.17) is 4.42 Å². The monoisotopic (exact) mass is 343 g/mol.